The first kappa shape index (κ1) is 25.3. The summed E-state index contributed by atoms with van der Waals surface area (Å²) in [6.45, 7) is 3.45. The molecule has 0 aliphatic carbocycles. The zero-order valence-electron chi connectivity index (χ0n) is 19.5. The molecule has 1 heterocycles. The molecule has 0 spiro atoms. The number of amides is 3. The predicted molar refractivity (Wildman–Crippen MR) is 136 cm³/mol. The summed E-state index contributed by atoms with van der Waals surface area (Å²) in [5.74, 6) is -0.519. The summed E-state index contributed by atoms with van der Waals surface area (Å²) < 4.78 is 11.6. The lowest BCUT2D eigenvalue weighted by molar-refractivity contribution is -0.169. The van der Waals surface area contributed by atoms with Crippen molar-refractivity contribution in [3.8, 4) is 11.5 Å². The van der Waals surface area contributed by atoms with Crippen LogP contribution in [0, 0.1) is 0 Å². The van der Waals surface area contributed by atoms with Crippen LogP contribution in [0.1, 0.15) is 35.8 Å². The number of benzene rings is 3. The van der Waals surface area contributed by atoms with Crippen LogP contribution in [-0.2, 0) is 9.59 Å². The number of hydrogen-bond donors (Lipinski definition) is 2. The summed E-state index contributed by atoms with van der Waals surface area (Å²) in [5.41, 5.74) is 3.88. The van der Waals surface area contributed by atoms with Crippen molar-refractivity contribution in [1.82, 2.24) is 10.4 Å². The highest BCUT2D eigenvalue weighted by Crippen LogP contribution is 2.40. The Bertz CT molecular complexity index is 1300. The van der Waals surface area contributed by atoms with Crippen molar-refractivity contribution in [2.75, 3.05) is 11.9 Å². The quantitative estimate of drug-likeness (QED) is 0.400. The molecule has 0 bridgehead atoms. The van der Waals surface area contributed by atoms with Crippen LogP contribution in [0.25, 0.3) is 0 Å². The lowest BCUT2D eigenvalue weighted by Gasteiger charge is -2.46. The van der Waals surface area contributed by atoms with Gasteiger partial charge in [-0.05, 0) is 48.9 Å². The van der Waals surface area contributed by atoms with E-state index in [-0.39, 0.29) is 17.2 Å². The number of anilines is 1. The maximum absolute atomic E-state index is 13.2. The molecule has 36 heavy (non-hydrogen) atoms. The van der Waals surface area contributed by atoms with Crippen LogP contribution in [0.3, 0.4) is 0 Å². The fourth-order valence-corrected chi connectivity index (χ4v) is 4.35. The van der Waals surface area contributed by atoms with E-state index in [4.69, 9.17) is 32.7 Å². The Kier molecular flexibility index (Phi) is 7.67. The first-order valence-corrected chi connectivity index (χ1v) is 11.9. The van der Waals surface area contributed by atoms with E-state index in [0.29, 0.717) is 33.7 Å². The zero-order valence-corrected chi connectivity index (χ0v) is 21.0. The van der Waals surface area contributed by atoms with E-state index >= 15 is 0 Å². The predicted octanol–water partition coefficient (Wildman–Crippen LogP) is 5.03. The Hall–Kier alpha value is -3.75. The molecule has 4 rings (SSSR count). The van der Waals surface area contributed by atoms with Gasteiger partial charge in [0, 0.05) is 28.7 Å². The molecule has 0 radical (unpaired) electrons. The Morgan fingerprint density at radius 3 is 2.44 bits per heavy atom. The van der Waals surface area contributed by atoms with Crippen molar-refractivity contribution >= 4 is 46.6 Å². The van der Waals surface area contributed by atoms with Gasteiger partial charge in [-0.2, -0.15) is 0 Å². The van der Waals surface area contributed by atoms with Crippen LogP contribution in [0.4, 0.5) is 5.69 Å². The van der Waals surface area contributed by atoms with Crippen molar-refractivity contribution in [3.05, 3.63) is 87.9 Å². The number of halogens is 2. The Morgan fingerprint density at radius 2 is 1.78 bits per heavy atom. The van der Waals surface area contributed by atoms with Gasteiger partial charge in [-0.3, -0.25) is 19.8 Å². The molecule has 1 aliphatic heterocycles. The third kappa shape index (κ3) is 5.40. The zero-order chi connectivity index (χ0) is 25.8. The fourth-order valence-electron chi connectivity index (χ4n) is 3.83. The number of nitrogens with one attached hydrogen (secondary N) is 2. The number of nitrogens with zero attached hydrogens (tertiary/aromatic N) is 1. The molecule has 10 heteroatoms. The SMILES string of the molecule is CCOc1cc(NC(C)=O)ccc1C(=O)NN1C(=O)C(Oc2ccccc2)C1c1ccc(Cl)cc1Cl. The van der Waals surface area contributed by atoms with E-state index in [1.807, 2.05) is 6.07 Å². The highest BCUT2D eigenvalue weighted by molar-refractivity contribution is 6.35. The van der Waals surface area contributed by atoms with Gasteiger partial charge in [-0.15, -0.1) is 0 Å². The third-order valence-electron chi connectivity index (χ3n) is 5.40. The molecule has 2 unspecified atom stereocenters. The monoisotopic (exact) mass is 527 g/mol. The maximum Gasteiger partial charge on any atom is 0.285 e. The first-order chi connectivity index (χ1) is 17.3. The van der Waals surface area contributed by atoms with Crippen LogP contribution in [-0.4, -0.2) is 35.4 Å². The molecule has 3 aromatic rings. The summed E-state index contributed by atoms with van der Waals surface area (Å²) in [6.07, 6.45) is -0.917. The van der Waals surface area contributed by atoms with Gasteiger partial charge in [0.2, 0.25) is 12.0 Å². The summed E-state index contributed by atoms with van der Waals surface area (Å²) in [4.78, 5) is 37.8. The Labute approximate surface area is 218 Å². The van der Waals surface area contributed by atoms with Crippen molar-refractivity contribution < 1.29 is 23.9 Å². The van der Waals surface area contributed by atoms with Gasteiger partial charge in [0.25, 0.3) is 11.8 Å². The molecule has 1 aliphatic rings. The first-order valence-electron chi connectivity index (χ1n) is 11.1. The third-order valence-corrected chi connectivity index (χ3v) is 5.96. The number of hydrazine groups is 1. The van der Waals surface area contributed by atoms with Gasteiger partial charge < -0.3 is 14.8 Å². The lowest BCUT2D eigenvalue weighted by Crippen LogP contribution is -2.67. The molecular formula is C26H23Cl2N3O5. The van der Waals surface area contributed by atoms with E-state index in [9.17, 15) is 14.4 Å². The van der Waals surface area contributed by atoms with E-state index in [2.05, 4.69) is 10.7 Å². The number of para-hydroxylation sites is 1. The minimum Gasteiger partial charge on any atom is -0.493 e. The summed E-state index contributed by atoms with van der Waals surface area (Å²) in [5, 5.41) is 4.60. The number of hydrogen-bond acceptors (Lipinski definition) is 5. The average molecular weight is 528 g/mol. The van der Waals surface area contributed by atoms with Gasteiger partial charge in [-0.25, -0.2) is 5.01 Å². The number of carbonyl (C=O) groups is 3. The van der Waals surface area contributed by atoms with Crippen molar-refractivity contribution in [3.63, 3.8) is 0 Å². The van der Waals surface area contributed by atoms with Crippen LogP contribution >= 0.6 is 23.2 Å². The largest absolute Gasteiger partial charge is 0.493 e. The van der Waals surface area contributed by atoms with E-state index in [1.165, 1.54) is 18.0 Å². The number of carbonyl (C=O) groups excluding carboxylic acids is 3. The lowest BCUT2D eigenvalue weighted by atomic mass is 9.92. The summed E-state index contributed by atoms with van der Waals surface area (Å²) >= 11 is 12.5. The van der Waals surface area contributed by atoms with Crippen molar-refractivity contribution in [1.29, 1.82) is 0 Å². The molecule has 8 nitrogen and oxygen atoms in total. The number of β-lactam (4-membered cyclic amide) rings is 1. The molecule has 186 valence electrons. The number of ether oxygens (including phenoxy) is 2. The molecule has 2 N–H and O–H groups in total. The van der Waals surface area contributed by atoms with Crippen LogP contribution in [0.2, 0.25) is 10.0 Å². The van der Waals surface area contributed by atoms with Gasteiger partial charge in [0.05, 0.1) is 12.2 Å². The Morgan fingerprint density at radius 1 is 1.03 bits per heavy atom. The molecule has 1 saturated heterocycles. The fraction of sp³-hybridized carbons (Fsp3) is 0.192. The van der Waals surface area contributed by atoms with E-state index < -0.39 is 24.0 Å². The molecular weight excluding hydrogens is 505 g/mol. The highest BCUT2D eigenvalue weighted by atomic mass is 35.5. The van der Waals surface area contributed by atoms with Gasteiger partial charge in [-0.1, -0.05) is 47.5 Å². The second-order valence-electron chi connectivity index (χ2n) is 7.94. The van der Waals surface area contributed by atoms with Gasteiger partial charge in [0.15, 0.2) is 0 Å². The Balaban J connectivity index is 1.62. The van der Waals surface area contributed by atoms with Gasteiger partial charge >= 0.3 is 0 Å². The van der Waals surface area contributed by atoms with Gasteiger partial charge in [0.1, 0.15) is 17.5 Å². The summed E-state index contributed by atoms with van der Waals surface area (Å²) in [6, 6.07) is 17.7. The molecule has 0 saturated carbocycles. The van der Waals surface area contributed by atoms with Crippen LogP contribution < -0.4 is 20.2 Å². The topological polar surface area (TPSA) is 97.0 Å². The molecule has 2 atom stereocenters. The minimum absolute atomic E-state index is 0.187. The second kappa shape index (κ2) is 10.9. The van der Waals surface area contributed by atoms with E-state index in [0.717, 1.165) is 0 Å². The van der Waals surface area contributed by atoms with Crippen molar-refractivity contribution in [2.24, 2.45) is 0 Å². The molecule has 0 aromatic heterocycles. The van der Waals surface area contributed by atoms with Crippen LogP contribution in [0.15, 0.2) is 66.7 Å². The number of rotatable bonds is 8. The van der Waals surface area contributed by atoms with E-state index in [1.54, 1.807) is 61.5 Å². The van der Waals surface area contributed by atoms with Crippen molar-refractivity contribution in [2.45, 2.75) is 26.0 Å². The standard InChI is InChI=1S/C26H23Cl2N3O5/c1-3-35-22-14-17(29-15(2)32)10-12-20(22)25(33)30-31-23(19-11-9-16(27)13-21(19)28)24(26(31)34)36-18-7-5-4-6-8-18/h4-14,23-24H,3H2,1-2H3,(H,29,32)(H,30,33). The minimum atomic E-state index is -0.917. The smallest absolute Gasteiger partial charge is 0.285 e. The highest BCUT2D eigenvalue weighted by Gasteiger charge is 2.52. The average Bonchev–Trinajstić information content (AvgIpc) is 2.84. The van der Waals surface area contributed by atoms with Crippen LogP contribution in [0.5, 0.6) is 11.5 Å². The molecule has 3 aromatic carbocycles. The molecule has 3 amide bonds. The second-order valence-corrected chi connectivity index (χ2v) is 8.78. The maximum atomic E-state index is 13.2. The summed E-state index contributed by atoms with van der Waals surface area (Å²) in [7, 11) is 0. The molecule has 1 fully saturated rings. The normalized spacial score (nSPS) is 16.7.